The van der Waals surface area contributed by atoms with Gasteiger partial charge in [-0.25, -0.2) is 9.69 Å². The number of esters is 1. The first-order valence-electron chi connectivity index (χ1n) is 8.31. The van der Waals surface area contributed by atoms with Gasteiger partial charge in [-0.2, -0.15) is 0 Å². The average molecular weight is 366 g/mol. The lowest BCUT2D eigenvalue weighted by molar-refractivity contribution is -0.125. The largest absolute Gasteiger partial charge is 0.449 e. The van der Waals surface area contributed by atoms with Crippen LogP contribution in [0.2, 0.25) is 0 Å². The Bertz CT molecular complexity index is 996. The Morgan fingerprint density at radius 2 is 1.67 bits per heavy atom. The molecule has 1 atom stereocenters. The molecule has 0 unspecified atom stereocenters. The zero-order valence-electron chi connectivity index (χ0n) is 15.1. The zero-order chi connectivity index (χ0) is 19.9. The summed E-state index contributed by atoms with van der Waals surface area (Å²) in [4.78, 5) is 49.9. The molecule has 0 bridgehead atoms. The lowest BCUT2D eigenvalue weighted by atomic mass is 10.1. The normalized spacial score (nSPS) is 14.1. The molecule has 3 amide bonds. The molecular formula is C20H18N2O5. The fraction of sp³-hybridized carbons (Fsp3) is 0.200. The predicted octanol–water partition coefficient (Wildman–Crippen LogP) is 2.13. The van der Waals surface area contributed by atoms with Crippen LogP contribution in [-0.2, 0) is 9.53 Å². The fourth-order valence-corrected chi connectivity index (χ4v) is 2.83. The second kappa shape index (κ2) is 6.68. The first-order valence-corrected chi connectivity index (χ1v) is 8.31. The van der Waals surface area contributed by atoms with E-state index in [0.29, 0.717) is 5.69 Å². The molecule has 3 rings (SSSR count). The van der Waals surface area contributed by atoms with Crippen LogP contribution in [0.3, 0.4) is 0 Å². The maximum absolute atomic E-state index is 12.9. The van der Waals surface area contributed by atoms with Gasteiger partial charge < -0.3 is 10.5 Å². The van der Waals surface area contributed by atoms with Crippen molar-refractivity contribution in [3.8, 4) is 0 Å². The van der Waals surface area contributed by atoms with Gasteiger partial charge in [-0.15, -0.1) is 0 Å². The molecular weight excluding hydrogens is 348 g/mol. The van der Waals surface area contributed by atoms with Crippen molar-refractivity contribution < 1.29 is 23.9 Å². The Balaban J connectivity index is 1.96. The van der Waals surface area contributed by atoms with E-state index in [4.69, 9.17) is 10.5 Å². The molecule has 27 heavy (non-hydrogen) atoms. The molecule has 7 nitrogen and oxygen atoms in total. The number of rotatable bonds is 4. The minimum Gasteiger partial charge on any atom is -0.449 e. The standard InChI is InChI=1S/C20H18N2O5/c1-10-4-5-11(2)16(8-10)22-18(24)14-7-6-13(9-15(14)19(22)25)20(26)27-12(3)17(21)23/h4-9,12H,1-3H3,(H2,21,23)/t12-/m1/s1. The van der Waals surface area contributed by atoms with Crippen LogP contribution in [0.4, 0.5) is 5.69 Å². The molecule has 1 heterocycles. The molecule has 138 valence electrons. The summed E-state index contributed by atoms with van der Waals surface area (Å²) in [5.74, 6) is -2.54. The van der Waals surface area contributed by atoms with E-state index < -0.39 is 29.8 Å². The number of carbonyl (C=O) groups excluding carboxylic acids is 4. The van der Waals surface area contributed by atoms with Crippen molar-refractivity contribution in [3.05, 3.63) is 64.2 Å². The number of nitrogens with two attached hydrogens (primary N) is 1. The monoisotopic (exact) mass is 366 g/mol. The lowest BCUT2D eigenvalue weighted by Gasteiger charge is -2.17. The summed E-state index contributed by atoms with van der Waals surface area (Å²) in [5.41, 5.74) is 7.67. The first-order chi connectivity index (χ1) is 12.7. The lowest BCUT2D eigenvalue weighted by Crippen LogP contribution is -2.30. The third kappa shape index (κ3) is 3.19. The number of aryl methyl sites for hydroxylation is 2. The topological polar surface area (TPSA) is 107 Å². The van der Waals surface area contributed by atoms with E-state index in [1.165, 1.54) is 25.1 Å². The van der Waals surface area contributed by atoms with Gasteiger partial charge in [-0.1, -0.05) is 12.1 Å². The number of benzene rings is 2. The van der Waals surface area contributed by atoms with Crippen LogP contribution < -0.4 is 10.6 Å². The highest BCUT2D eigenvalue weighted by molar-refractivity contribution is 6.35. The van der Waals surface area contributed by atoms with Gasteiger partial charge in [-0.05, 0) is 56.2 Å². The molecule has 7 heteroatoms. The minimum atomic E-state index is -1.10. The fourth-order valence-electron chi connectivity index (χ4n) is 2.83. The molecule has 0 radical (unpaired) electrons. The van der Waals surface area contributed by atoms with Crippen LogP contribution in [0, 0.1) is 13.8 Å². The van der Waals surface area contributed by atoms with Gasteiger partial charge in [0.1, 0.15) is 0 Å². The minimum absolute atomic E-state index is 0.0609. The first kappa shape index (κ1) is 18.3. The number of anilines is 1. The number of primary amides is 1. The van der Waals surface area contributed by atoms with E-state index in [1.807, 2.05) is 26.0 Å². The number of amides is 3. The smallest absolute Gasteiger partial charge is 0.338 e. The molecule has 2 aromatic rings. The van der Waals surface area contributed by atoms with Crippen molar-refractivity contribution in [2.45, 2.75) is 26.9 Å². The highest BCUT2D eigenvalue weighted by Gasteiger charge is 2.38. The third-order valence-corrected chi connectivity index (χ3v) is 4.41. The van der Waals surface area contributed by atoms with E-state index >= 15 is 0 Å². The van der Waals surface area contributed by atoms with Crippen molar-refractivity contribution in [2.24, 2.45) is 5.73 Å². The quantitative estimate of drug-likeness (QED) is 0.659. The van der Waals surface area contributed by atoms with E-state index in [-0.39, 0.29) is 16.7 Å². The van der Waals surface area contributed by atoms with Gasteiger partial charge in [0.15, 0.2) is 6.10 Å². The molecule has 2 aromatic carbocycles. The molecule has 2 N–H and O–H groups in total. The maximum Gasteiger partial charge on any atom is 0.338 e. The second-order valence-electron chi connectivity index (χ2n) is 6.45. The highest BCUT2D eigenvalue weighted by atomic mass is 16.5. The van der Waals surface area contributed by atoms with Crippen molar-refractivity contribution in [1.29, 1.82) is 0 Å². The van der Waals surface area contributed by atoms with Gasteiger partial charge in [0, 0.05) is 0 Å². The van der Waals surface area contributed by atoms with Gasteiger partial charge in [0.2, 0.25) is 0 Å². The summed E-state index contributed by atoms with van der Waals surface area (Å²) in [5, 5.41) is 0. The van der Waals surface area contributed by atoms with E-state index in [2.05, 4.69) is 0 Å². The van der Waals surface area contributed by atoms with Crippen molar-refractivity contribution in [3.63, 3.8) is 0 Å². The Kier molecular flexibility index (Phi) is 4.53. The van der Waals surface area contributed by atoms with Crippen molar-refractivity contribution >= 4 is 29.4 Å². The summed E-state index contributed by atoms with van der Waals surface area (Å²) in [6.07, 6.45) is -1.10. The summed E-state index contributed by atoms with van der Waals surface area (Å²) in [7, 11) is 0. The summed E-state index contributed by atoms with van der Waals surface area (Å²) in [6.45, 7) is 5.03. The Labute approximate surface area is 155 Å². The molecule has 1 aliphatic heterocycles. The number of ether oxygens (including phenoxy) is 1. The van der Waals surface area contributed by atoms with Crippen LogP contribution >= 0.6 is 0 Å². The van der Waals surface area contributed by atoms with Crippen LogP contribution in [0.25, 0.3) is 0 Å². The van der Waals surface area contributed by atoms with Crippen LogP contribution in [0.5, 0.6) is 0 Å². The molecule has 0 saturated carbocycles. The molecule has 0 saturated heterocycles. The maximum atomic E-state index is 12.9. The molecule has 0 aliphatic carbocycles. The summed E-state index contributed by atoms with van der Waals surface area (Å²) >= 11 is 0. The van der Waals surface area contributed by atoms with Crippen molar-refractivity contribution in [2.75, 3.05) is 4.90 Å². The summed E-state index contributed by atoms with van der Waals surface area (Å²) in [6, 6.07) is 9.59. The van der Waals surface area contributed by atoms with Crippen molar-refractivity contribution in [1.82, 2.24) is 0 Å². The molecule has 0 spiro atoms. The van der Waals surface area contributed by atoms with Gasteiger partial charge in [0.25, 0.3) is 17.7 Å². The summed E-state index contributed by atoms with van der Waals surface area (Å²) < 4.78 is 4.94. The van der Waals surface area contributed by atoms with Crippen LogP contribution in [0.15, 0.2) is 36.4 Å². The Morgan fingerprint density at radius 3 is 2.33 bits per heavy atom. The van der Waals surface area contributed by atoms with Crippen LogP contribution in [0.1, 0.15) is 49.1 Å². The Morgan fingerprint density at radius 1 is 1.00 bits per heavy atom. The highest BCUT2D eigenvalue weighted by Crippen LogP contribution is 2.31. The number of imide groups is 1. The van der Waals surface area contributed by atoms with Gasteiger partial charge in [0.05, 0.1) is 22.4 Å². The molecule has 1 aliphatic rings. The van der Waals surface area contributed by atoms with Crippen LogP contribution in [-0.4, -0.2) is 29.8 Å². The number of nitrogens with zero attached hydrogens (tertiary/aromatic N) is 1. The number of hydrogen-bond acceptors (Lipinski definition) is 5. The SMILES string of the molecule is Cc1ccc(C)c(N2C(=O)c3ccc(C(=O)O[C@H](C)C(N)=O)cc3C2=O)c1. The number of fused-ring (bicyclic) bond motifs is 1. The number of hydrogen-bond donors (Lipinski definition) is 1. The average Bonchev–Trinajstić information content (AvgIpc) is 2.87. The Hall–Kier alpha value is -3.48. The molecule has 0 fully saturated rings. The zero-order valence-corrected chi connectivity index (χ0v) is 15.1. The van der Waals surface area contributed by atoms with E-state index in [1.54, 1.807) is 6.07 Å². The van der Waals surface area contributed by atoms with Gasteiger partial charge >= 0.3 is 5.97 Å². The number of carbonyl (C=O) groups is 4. The van der Waals surface area contributed by atoms with Gasteiger partial charge in [-0.3, -0.25) is 14.4 Å². The van der Waals surface area contributed by atoms with E-state index in [0.717, 1.165) is 16.0 Å². The predicted molar refractivity (Wildman–Crippen MR) is 97.6 cm³/mol. The van der Waals surface area contributed by atoms with E-state index in [9.17, 15) is 19.2 Å². The second-order valence-corrected chi connectivity index (χ2v) is 6.45. The molecule has 0 aromatic heterocycles. The third-order valence-electron chi connectivity index (χ3n) is 4.41.